The van der Waals surface area contributed by atoms with Crippen LogP contribution in [-0.2, 0) is 4.84 Å². The Kier molecular flexibility index (Phi) is 4.43. The van der Waals surface area contributed by atoms with E-state index in [0.29, 0.717) is 30.9 Å². The van der Waals surface area contributed by atoms with Gasteiger partial charge in [0.05, 0.1) is 11.3 Å². The maximum Gasteiger partial charge on any atom is 0.129 e. The lowest BCUT2D eigenvalue weighted by atomic mass is 9.44. The van der Waals surface area contributed by atoms with Crippen LogP contribution >= 0.6 is 0 Å². The van der Waals surface area contributed by atoms with Crippen molar-refractivity contribution in [3.05, 3.63) is 0 Å². The number of nitrogens with zero attached hydrogens (tertiary/aromatic N) is 1. The fourth-order valence-corrected chi connectivity index (χ4v) is 7.32. The van der Waals surface area contributed by atoms with Crippen molar-refractivity contribution in [1.29, 1.82) is 0 Å². The summed E-state index contributed by atoms with van der Waals surface area (Å²) in [5.74, 6) is 2.42. The molecule has 25 heavy (non-hydrogen) atoms. The van der Waals surface area contributed by atoms with Gasteiger partial charge < -0.3 is 15.7 Å². The van der Waals surface area contributed by atoms with Crippen molar-refractivity contribution < 1.29 is 9.94 Å². The Bertz CT molecular complexity index is 550. The molecule has 0 unspecified atom stereocenters. The first-order valence-electron chi connectivity index (χ1n) is 10.5. The predicted octanol–water partition coefficient (Wildman–Crippen LogP) is 3.87. The first-order chi connectivity index (χ1) is 11.9. The number of oxime groups is 1. The highest BCUT2D eigenvalue weighted by Gasteiger charge is 2.62. The number of aliphatic hydroxyl groups is 1. The Morgan fingerprint density at radius 3 is 2.76 bits per heavy atom. The van der Waals surface area contributed by atoms with Crippen LogP contribution in [0.3, 0.4) is 0 Å². The van der Waals surface area contributed by atoms with Crippen molar-refractivity contribution in [2.45, 2.75) is 83.7 Å². The monoisotopic (exact) mass is 348 g/mol. The molecule has 4 aliphatic rings. The van der Waals surface area contributed by atoms with E-state index in [1.54, 1.807) is 0 Å². The summed E-state index contributed by atoms with van der Waals surface area (Å²) < 4.78 is 0. The molecular formula is C21H36N2O2. The zero-order chi connectivity index (χ0) is 17.7. The molecule has 0 heterocycles. The van der Waals surface area contributed by atoms with Crippen LogP contribution < -0.4 is 5.73 Å². The van der Waals surface area contributed by atoms with Crippen molar-refractivity contribution >= 4 is 5.71 Å². The van der Waals surface area contributed by atoms with Gasteiger partial charge >= 0.3 is 0 Å². The summed E-state index contributed by atoms with van der Waals surface area (Å²) >= 11 is 0. The molecule has 0 amide bonds. The summed E-state index contributed by atoms with van der Waals surface area (Å²) in [4.78, 5) is 5.31. The summed E-state index contributed by atoms with van der Waals surface area (Å²) in [7, 11) is 0. The van der Waals surface area contributed by atoms with Crippen LogP contribution in [0.4, 0.5) is 0 Å². The van der Waals surface area contributed by atoms with Crippen LogP contribution in [0, 0.1) is 28.6 Å². The van der Waals surface area contributed by atoms with Gasteiger partial charge in [-0.1, -0.05) is 25.4 Å². The Labute approximate surface area is 152 Å². The van der Waals surface area contributed by atoms with Gasteiger partial charge in [-0.25, -0.2) is 0 Å². The third-order valence-corrected chi connectivity index (χ3v) is 8.82. The van der Waals surface area contributed by atoms with Gasteiger partial charge in [0.1, 0.15) is 6.61 Å². The Morgan fingerprint density at radius 1 is 1.12 bits per heavy atom. The molecule has 0 aliphatic heterocycles. The van der Waals surface area contributed by atoms with Gasteiger partial charge in [0.15, 0.2) is 0 Å². The number of rotatable bonds is 3. The number of hydrogen-bond acceptors (Lipinski definition) is 4. The van der Waals surface area contributed by atoms with E-state index in [0.717, 1.165) is 36.8 Å². The first-order valence-corrected chi connectivity index (χ1v) is 10.5. The highest BCUT2D eigenvalue weighted by molar-refractivity contribution is 5.86. The van der Waals surface area contributed by atoms with E-state index in [1.165, 1.54) is 38.5 Å². The molecule has 4 fully saturated rings. The summed E-state index contributed by atoms with van der Waals surface area (Å²) in [6.45, 7) is 5.89. The molecule has 4 aliphatic carbocycles. The highest BCUT2D eigenvalue weighted by Crippen LogP contribution is 2.66. The van der Waals surface area contributed by atoms with E-state index in [9.17, 15) is 5.11 Å². The molecule has 0 spiro atoms. The third kappa shape index (κ3) is 2.66. The van der Waals surface area contributed by atoms with Crippen molar-refractivity contribution in [2.75, 3.05) is 13.2 Å². The summed E-state index contributed by atoms with van der Waals surface area (Å²) in [6, 6.07) is 0. The second-order valence-corrected chi connectivity index (χ2v) is 9.91. The smallest absolute Gasteiger partial charge is 0.129 e. The summed E-state index contributed by atoms with van der Waals surface area (Å²) in [5.41, 5.74) is 6.56. The average molecular weight is 349 g/mol. The molecule has 0 saturated heterocycles. The maximum atomic E-state index is 11.7. The minimum absolute atomic E-state index is 0.0483. The quantitative estimate of drug-likeness (QED) is 0.601. The van der Waals surface area contributed by atoms with Gasteiger partial charge in [0, 0.05) is 18.4 Å². The zero-order valence-corrected chi connectivity index (χ0v) is 16.1. The van der Waals surface area contributed by atoms with Gasteiger partial charge in [0.2, 0.25) is 0 Å². The molecule has 0 aromatic heterocycles. The van der Waals surface area contributed by atoms with Crippen molar-refractivity contribution in [1.82, 2.24) is 0 Å². The molecule has 0 radical (unpaired) electrons. The molecule has 6 atom stereocenters. The van der Waals surface area contributed by atoms with Gasteiger partial charge in [-0.3, -0.25) is 0 Å². The highest BCUT2D eigenvalue weighted by atomic mass is 16.6. The lowest BCUT2D eigenvalue weighted by Crippen LogP contribution is -2.62. The Hall–Kier alpha value is -0.610. The molecule has 3 N–H and O–H groups in total. The number of fused-ring (bicyclic) bond motifs is 5. The largest absolute Gasteiger partial charge is 0.395 e. The lowest BCUT2D eigenvalue weighted by molar-refractivity contribution is -0.188. The first kappa shape index (κ1) is 17.8. The van der Waals surface area contributed by atoms with Gasteiger partial charge in [0.25, 0.3) is 0 Å². The van der Waals surface area contributed by atoms with Crippen molar-refractivity contribution in [3.63, 3.8) is 0 Å². The molecule has 4 heteroatoms. The minimum atomic E-state index is -0.594. The van der Waals surface area contributed by atoms with Gasteiger partial charge in [-0.2, -0.15) is 0 Å². The zero-order valence-electron chi connectivity index (χ0n) is 16.1. The van der Waals surface area contributed by atoms with Crippen LogP contribution in [0.15, 0.2) is 5.16 Å². The van der Waals surface area contributed by atoms with Gasteiger partial charge in [-0.15, -0.1) is 0 Å². The normalized spacial score (nSPS) is 50.9. The van der Waals surface area contributed by atoms with E-state index in [4.69, 9.17) is 10.6 Å². The van der Waals surface area contributed by atoms with Crippen molar-refractivity contribution in [2.24, 2.45) is 39.5 Å². The van der Waals surface area contributed by atoms with E-state index in [2.05, 4.69) is 19.0 Å². The molecule has 4 rings (SSSR count). The Balaban J connectivity index is 1.55. The van der Waals surface area contributed by atoms with Crippen LogP contribution in [-0.4, -0.2) is 29.6 Å². The summed E-state index contributed by atoms with van der Waals surface area (Å²) in [6.07, 6.45) is 11.8. The topological polar surface area (TPSA) is 67.8 Å². The minimum Gasteiger partial charge on any atom is -0.395 e. The van der Waals surface area contributed by atoms with E-state index >= 15 is 0 Å². The Morgan fingerprint density at radius 2 is 1.96 bits per heavy atom. The number of nitrogens with two attached hydrogens (primary N) is 1. The standard InChI is InChI=1S/C21H36N2O2/c1-19-8-3-4-17(19)16-6-11-21(24)14-15(23-25-13-12-22)5-10-20(21,2)18(16)7-9-19/h16-18,24H,3-14,22H2,1-2H3/t16-,17-,18-,19-,20+,21+/m0/s1. The molecule has 0 bridgehead atoms. The van der Waals surface area contributed by atoms with E-state index < -0.39 is 5.60 Å². The molecule has 0 aromatic carbocycles. The molecule has 4 saturated carbocycles. The fraction of sp³-hybridized carbons (Fsp3) is 0.952. The lowest BCUT2D eigenvalue weighted by Gasteiger charge is -2.63. The maximum absolute atomic E-state index is 11.7. The fourth-order valence-electron chi connectivity index (χ4n) is 7.32. The number of hydrogen-bond donors (Lipinski definition) is 2. The average Bonchev–Trinajstić information content (AvgIpc) is 2.98. The molecule has 142 valence electrons. The second-order valence-electron chi connectivity index (χ2n) is 9.91. The third-order valence-electron chi connectivity index (χ3n) is 8.82. The SMILES string of the molecule is C[C@@]12CCC[C@H]1[C@@H]1CC[C@@]3(O)CC(=NOCCN)CC[C@]3(C)[C@H]1CC2. The van der Waals surface area contributed by atoms with Crippen LogP contribution in [0.25, 0.3) is 0 Å². The second kappa shape index (κ2) is 6.23. The van der Waals surface area contributed by atoms with Crippen LogP contribution in [0.5, 0.6) is 0 Å². The van der Waals surface area contributed by atoms with Gasteiger partial charge in [-0.05, 0) is 74.5 Å². The van der Waals surface area contributed by atoms with E-state index in [-0.39, 0.29) is 5.41 Å². The summed E-state index contributed by atoms with van der Waals surface area (Å²) in [5, 5.41) is 15.9. The molecule has 4 nitrogen and oxygen atoms in total. The molecule has 0 aromatic rings. The van der Waals surface area contributed by atoms with Crippen LogP contribution in [0.1, 0.15) is 78.1 Å². The molecular weight excluding hydrogens is 312 g/mol. The van der Waals surface area contributed by atoms with Crippen molar-refractivity contribution in [3.8, 4) is 0 Å². The predicted molar refractivity (Wildman–Crippen MR) is 100 cm³/mol. The van der Waals surface area contributed by atoms with Crippen LogP contribution in [0.2, 0.25) is 0 Å². The van der Waals surface area contributed by atoms with E-state index in [1.807, 2.05) is 0 Å².